The van der Waals surface area contributed by atoms with Gasteiger partial charge in [-0.2, -0.15) is 0 Å². The summed E-state index contributed by atoms with van der Waals surface area (Å²) in [7, 11) is 0. The number of nitrogens with zero attached hydrogens (tertiary/aromatic N) is 3. The molecule has 1 saturated heterocycles. The van der Waals surface area contributed by atoms with Gasteiger partial charge in [0.25, 0.3) is 5.78 Å². The average molecular weight is 524 g/mol. The number of hydrogen-bond donors (Lipinski definition) is 1. The second-order valence-corrected chi connectivity index (χ2v) is 9.38. The molecule has 1 fully saturated rings. The van der Waals surface area contributed by atoms with Gasteiger partial charge in [-0.1, -0.05) is 24.3 Å². The number of rotatable bonds is 10. The van der Waals surface area contributed by atoms with Crippen LogP contribution in [0.4, 0.5) is 5.13 Å². The molecule has 10 heteroatoms. The van der Waals surface area contributed by atoms with Crippen LogP contribution in [0.5, 0.6) is 17.2 Å². The highest BCUT2D eigenvalue weighted by atomic mass is 32.1. The predicted octanol–water partition coefficient (Wildman–Crippen LogP) is 5.06. The molecule has 0 spiro atoms. The molecule has 194 valence electrons. The first-order valence-corrected chi connectivity index (χ1v) is 12.9. The van der Waals surface area contributed by atoms with E-state index in [-0.39, 0.29) is 16.5 Å². The molecule has 1 atom stereocenters. The Morgan fingerprint density at radius 3 is 2.32 bits per heavy atom. The molecule has 4 rings (SSSR count). The number of hydrogen-bond acceptors (Lipinski definition) is 9. The molecule has 0 radical (unpaired) electrons. The number of aromatic nitrogens is 2. The lowest BCUT2D eigenvalue weighted by molar-refractivity contribution is -0.132. The lowest BCUT2D eigenvalue weighted by Gasteiger charge is -2.23. The molecular weight excluding hydrogens is 494 g/mol. The van der Waals surface area contributed by atoms with E-state index in [1.54, 1.807) is 49.4 Å². The number of ether oxygens (including phenoxy) is 3. The van der Waals surface area contributed by atoms with Crippen molar-refractivity contribution < 1.29 is 28.9 Å². The van der Waals surface area contributed by atoms with Gasteiger partial charge < -0.3 is 19.3 Å². The summed E-state index contributed by atoms with van der Waals surface area (Å²) >= 11 is 1.19. The second-order valence-electron chi connectivity index (χ2n) is 8.22. The summed E-state index contributed by atoms with van der Waals surface area (Å²) in [6, 6.07) is 11.0. The van der Waals surface area contributed by atoms with Gasteiger partial charge in [0, 0.05) is 5.56 Å². The van der Waals surface area contributed by atoms with Crippen LogP contribution >= 0.6 is 11.3 Å². The normalized spacial score (nSPS) is 16.8. The van der Waals surface area contributed by atoms with Gasteiger partial charge >= 0.3 is 5.91 Å². The third-order valence-electron chi connectivity index (χ3n) is 5.65. The van der Waals surface area contributed by atoms with Crippen LogP contribution in [0.25, 0.3) is 5.76 Å². The molecule has 2 aromatic carbocycles. The number of carbonyl (C=O) groups excluding carboxylic acids is 2. The predicted molar refractivity (Wildman–Crippen MR) is 140 cm³/mol. The molecular formula is C27H29N3O6S. The molecule has 37 heavy (non-hydrogen) atoms. The first-order chi connectivity index (χ1) is 17.9. The average Bonchev–Trinajstić information content (AvgIpc) is 3.43. The molecule has 0 aliphatic carbocycles. The number of Topliss-reactive ketones (excluding diaryl/α,β-unsaturated/α-hetero) is 1. The Morgan fingerprint density at radius 2 is 1.70 bits per heavy atom. The van der Waals surface area contributed by atoms with E-state index < -0.39 is 17.7 Å². The van der Waals surface area contributed by atoms with E-state index in [1.165, 1.54) is 16.2 Å². The van der Waals surface area contributed by atoms with Crippen LogP contribution in [0.2, 0.25) is 0 Å². The molecule has 2 heterocycles. The first kappa shape index (κ1) is 26.2. The zero-order valence-corrected chi connectivity index (χ0v) is 22.0. The van der Waals surface area contributed by atoms with Crippen molar-refractivity contribution in [3.05, 3.63) is 64.2 Å². The molecule has 0 saturated carbocycles. The number of benzene rings is 2. The summed E-state index contributed by atoms with van der Waals surface area (Å²) in [5.41, 5.74) is 0.895. The SMILES string of the molecule is CCCOc1ccc(C2C(=C(O)c3ccc(OCC)cc3)C(=O)C(=O)N2c2nnc(C)s2)cc1OCC. The number of aliphatic hydroxyl groups is 1. The number of aryl methyl sites for hydroxylation is 1. The van der Waals surface area contributed by atoms with E-state index in [1.807, 2.05) is 20.8 Å². The molecule has 1 unspecified atom stereocenters. The molecule has 1 aliphatic rings. The second kappa shape index (κ2) is 11.4. The minimum atomic E-state index is -0.946. The summed E-state index contributed by atoms with van der Waals surface area (Å²) in [4.78, 5) is 27.9. The van der Waals surface area contributed by atoms with Gasteiger partial charge in [0.15, 0.2) is 11.5 Å². The van der Waals surface area contributed by atoms with Gasteiger partial charge in [-0.3, -0.25) is 14.5 Å². The van der Waals surface area contributed by atoms with Crippen molar-refractivity contribution in [2.45, 2.75) is 40.2 Å². The fourth-order valence-electron chi connectivity index (χ4n) is 4.05. The Balaban J connectivity index is 1.88. The van der Waals surface area contributed by atoms with E-state index in [0.29, 0.717) is 53.2 Å². The Kier molecular flexibility index (Phi) is 8.08. The number of ketones is 1. The monoisotopic (exact) mass is 523 g/mol. The fourth-order valence-corrected chi connectivity index (χ4v) is 4.77. The van der Waals surface area contributed by atoms with Crippen LogP contribution in [-0.2, 0) is 9.59 Å². The van der Waals surface area contributed by atoms with Gasteiger partial charge in [-0.05, 0) is 69.2 Å². The van der Waals surface area contributed by atoms with Crippen molar-refractivity contribution in [3.63, 3.8) is 0 Å². The minimum absolute atomic E-state index is 0.0494. The van der Waals surface area contributed by atoms with Crippen molar-refractivity contribution in [1.29, 1.82) is 0 Å². The molecule has 0 bridgehead atoms. The van der Waals surface area contributed by atoms with E-state index in [0.717, 1.165) is 6.42 Å². The lowest BCUT2D eigenvalue weighted by atomic mass is 9.95. The molecule has 1 aromatic heterocycles. The minimum Gasteiger partial charge on any atom is -0.507 e. The number of aliphatic hydroxyl groups excluding tert-OH is 1. The zero-order chi connectivity index (χ0) is 26.5. The summed E-state index contributed by atoms with van der Waals surface area (Å²) < 4.78 is 17.1. The summed E-state index contributed by atoms with van der Waals surface area (Å²) in [6.45, 7) is 8.91. The Bertz CT molecular complexity index is 1320. The zero-order valence-electron chi connectivity index (χ0n) is 21.2. The quantitative estimate of drug-likeness (QED) is 0.223. The topological polar surface area (TPSA) is 111 Å². The summed E-state index contributed by atoms with van der Waals surface area (Å²) in [5, 5.41) is 20.4. The number of anilines is 1. The van der Waals surface area contributed by atoms with Gasteiger partial charge in [-0.25, -0.2) is 0 Å². The third kappa shape index (κ3) is 5.29. The van der Waals surface area contributed by atoms with Crippen molar-refractivity contribution >= 4 is 33.9 Å². The fraction of sp³-hybridized carbons (Fsp3) is 0.333. The third-order valence-corrected chi connectivity index (χ3v) is 6.49. The van der Waals surface area contributed by atoms with Crippen LogP contribution in [0.1, 0.15) is 49.4 Å². The summed E-state index contributed by atoms with van der Waals surface area (Å²) in [5.74, 6) is -0.230. The molecule has 9 nitrogen and oxygen atoms in total. The number of carbonyl (C=O) groups is 2. The Hall–Kier alpha value is -3.92. The van der Waals surface area contributed by atoms with Crippen LogP contribution in [0.3, 0.4) is 0 Å². The van der Waals surface area contributed by atoms with Crippen molar-refractivity contribution in [3.8, 4) is 17.2 Å². The van der Waals surface area contributed by atoms with Crippen molar-refractivity contribution in [2.75, 3.05) is 24.7 Å². The number of amides is 1. The van der Waals surface area contributed by atoms with Crippen molar-refractivity contribution in [1.82, 2.24) is 10.2 Å². The summed E-state index contributed by atoms with van der Waals surface area (Å²) in [6.07, 6.45) is 0.825. The Morgan fingerprint density at radius 1 is 0.973 bits per heavy atom. The Labute approximate surface area is 219 Å². The molecule has 1 amide bonds. The van der Waals surface area contributed by atoms with Gasteiger partial charge in [0.1, 0.15) is 16.5 Å². The van der Waals surface area contributed by atoms with Gasteiger partial charge in [-0.15, -0.1) is 10.2 Å². The van der Waals surface area contributed by atoms with Crippen molar-refractivity contribution in [2.24, 2.45) is 0 Å². The van der Waals surface area contributed by atoms with Gasteiger partial charge in [0.05, 0.1) is 31.4 Å². The van der Waals surface area contributed by atoms with E-state index in [9.17, 15) is 14.7 Å². The highest BCUT2D eigenvalue weighted by Crippen LogP contribution is 2.44. The lowest BCUT2D eigenvalue weighted by Crippen LogP contribution is -2.29. The van der Waals surface area contributed by atoms with Gasteiger partial charge in [0.2, 0.25) is 5.13 Å². The molecule has 1 N–H and O–H groups in total. The smallest absolute Gasteiger partial charge is 0.301 e. The highest BCUT2D eigenvalue weighted by molar-refractivity contribution is 7.15. The van der Waals surface area contributed by atoms with Crippen LogP contribution in [-0.4, -0.2) is 46.8 Å². The first-order valence-electron chi connectivity index (χ1n) is 12.1. The largest absolute Gasteiger partial charge is 0.507 e. The van der Waals surface area contributed by atoms with E-state index in [4.69, 9.17) is 14.2 Å². The highest BCUT2D eigenvalue weighted by Gasteiger charge is 2.48. The maximum atomic E-state index is 13.3. The van der Waals surface area contributed by atoms with E-state index >= 15 is 0 Å². The van der Waals surface area contributed by atoms with Crippen LogP contribution in [0, 0.1) is 6.92 Å². The van der Waals surface area contributed by atoms with Crippen LogP contribution in [0.15, 0.2) is 48.0 Å². The van der Waals surface area contributed by atoms with Crippen LogP contribution < -0.4 is 19.1 Å². The molecule has 1 aliphatic heterocycles. The standard InChI is InChI=1S/C27H29N3O6S/c1-5-14-36-20-13-10-18(15-21(20)35-7-3)23-22(24(31)17-8-11-19(12-9-17)34-6-2)25(32)26(33)30(23)27-29-28-16(4)37-27/h8-13,15,23,31H,5-7,14H2,1-4H3. The maximum Gasteiger partial charge on any atom is 0.301 e. The molecule has 3 aromatic rings. The maximum absolute atomic E-state index is 13.3. The van der Waals surface area contributed by atoms with E-state index in [2.05, 4.69) is 10.2 Å².